The third kappa shape index (κ3) is 5.63. The molecule has 0 saturated heterocycles. The van der Waals surface area contributed by atoms with E-state index in [-0.39, 0.29) is 23.2 Å². The van der Waals surface area contributed by atoms with E-state index < -0.39 is 29.3 Å². The summed E-state index contributed by atoms with van der Waals surface area (Å²) in [4.78, 5) is 19.3. The predicted molar refractivity (Wildman–Crippen MR) is 128 cm³/mol. The lowest BCUT2D eigenvalue weighted by Crippen LogP contribution is -2.47. The highest BCUT2D eigenvalue weighted by molar-refractivity contribution is 6.31. The molecule has 0 radical (unpaired) electrons. The number of carbonyl (C=O) groups is 1. The molecule has 1 N–H and O–H groups in total. The third-order valence-corrected chi connectivity index (χ3v) is 6.44. The van der Waals surface area contributed by atoms with Gasteiger partial charge >= 0.3 is 12.1 Å². The van der Waals surface area contributed by atoms with Gasteiger partial charge in [-0.05, 0) is 42.7 Å². The monoisotopic (exact) mass is 522 g/mol. The number of aromatic nitrogens is 2. The first-order valence-corrected chi connectivity index (χ1v) is 11.4. The van der Waals surface area contributed by atoms with Crippen LogP contribution in [0.4, 0.5) is 13.2 Å². The minimum atomic E-state index is -5.04. The maximum absolute atomic E-state index is 14.1. The molecule has 192 valence electrons. The topological polar surface area (TPSA) is 81.5 Å². The summed E-state index contributed by atoms with van der Waals surface area (Å²) in [6.45, 7) is 4.73. The molecule has 10 heteroatoms. The maximum Gasteiger partial charge on any atom is 0.423 e. The molecule has 0 aliphatic rings. The van der Waals surface area contributed by atoms with Crippen LogP contribution < -0.4 is 4.74 Å². The molecule has 1 heterocycles. The van der Waals surface area contributed by atoms with Crippen molar-refractivity contribution in [3.8, 4) is 5.75 Å². The van der Waals surface area contributed by atoms with Crippen LogP contribution in [0.5, 0.6) is 5.75 Å². The van der Waals surface area contributed by atoms with Crippen molar-refractivity contribution >= 4 is 17.6 Å². The first-order valence-electron chi connectivity index (χ1n) is 11.1. The van der Waals surface area contributed by atoms with Gasteiger partial charge in [0, 0.05) is 17.1 Å². The van der Waals surface area contributed by atoms with Gasteiger partial charge in [-0.1, -0.05) is 48.9 Å². The summed E-state index contributed by atoms with van der Waals surface area (Å²) in [5, 5.41) is 10.8. The van der Waals surface area contributed by atoms with Gasteiger partial charge in [-0.3, -0.25) is 14.8 Å². The van der Waals surface area contributed by atoms with Crippen LogP contribution in [0.25, 0.3) is 0 Å². The average molecular weight is 523 g/mol. The number of halogens is 4. The largest absolute Gasteiger partial charge is 0.489 e. The van der Waals surface area contributed by atoms with Gasteiger partial charge in [0.25, 0.3) is 0 Å². The van der Waals surface area contributed by atoms with Crippen molar-refractivity contribution in [2.45, 2.75) is 51.0 Å². The molecular formula is C26H26ClF3N2O4. The van der Waals surface area contributed by atoms with Crippen LogP contribution >= 0.6 is 11.6 Å². The van der Waals surface area contributed by atoms with Gasteiger partial charge in [0.2, 0.25) is 5.60 Å². The zero-order valence-corrected chi connectivity index (χ0v) is 20.9. The quantitative estimate of drug-likeness (QED) is 0.374. The predicted octanol–water partition coefficient (Wildman–Crippen LogP) is 5.85. The molecule has 3 atom stereocenters. The molecule has 1 unspecified atom stereocenters. The molecule has 6 nitrogen and oxygen atoms in total. The van der Waals surface area contributed by atoms with E-state index >= 15 is 0 Å². The number of methoxy groups -OCH3 is 1. The van der Waals surface area contributed by atoms with Gasteiger partial charge in [-0.25, -0.2) is 0 Å². The van der Waals surface area contributed by atoms with Crippen molar-refractivity contribution in [1.29, 1.82) is 0 Å². The van der Waals surface area contributed by atoms with E-state index in [9.17, 15) is 23.1 Å². The Morgan fingerprint density at radius 2 is 1.75 bits per heavy atom. The molecule has 1 aromatic heterocycles. The highest BCUT2D eigenvalue weighted by Crippen LogP contribution is 2.49. The van der Waals surface area contributed by atoms with Crippen molar-refractivity contribution < 1.29 is 32.5 Å². The second-order valence-electron chi connectivity index (χ2n) is 8.49. The van der Waals surface area contributed by atoms with E-state index in [4.69, 9.17) is 21.1 Å². The molecular weight excluding hydrogens is 497 g/mol. The van der Waals surface area contributed by atoms with E-state index in [2.05, 4.69) is 9.97 Å². The van der Waals surface area contributed by atoms with E-state index in [1.807, 2.05) is 0 Å². The summed E-state index contributed by atoms with van der Waals surface area (Å²) in [7, 11) is 1.33. The number of esters is 1. The number of aliphatic hydroxyl groups is 1. The molecule has 0 saturated carbocycles. The van der Waals surface area contributed by atoms with Crippen molar-refractivity contribution in [2.75, 3.05) is 7.11 Å². The zero-order chi connectivity index (χ0) is 26.7. The summed E-state index contributed by atoms with van der Waals surface area (Å²) in [6, 6.07) is 11.5. The highest BCUT2D eigenvalue weighted by Gasteiger charge is 2.60. The van der Waals surface area contributed by atoms with Crippen molar-refractivity contribution in [1.82, 2.24) is 9.97 Å². The van der Waals surface area contributed by atoms with Crippen LogP contribution in [0.15, 0.2) is 54.9 Å². The van der Waals surface area contributed by atoms with Gasteiger partial charge in [0.1, 0.15) is 18.1 Å². The summed E-state index contributed by atoms with van der Waals surface area (Å²) >= 11 is 6.34. The number of rotatable bonds is 8. The van der Waals surface area contributed by atoms with Crippen LogP contribution in [-0.4, -0.2) is 34.3 Å². The SMILES string of the molecule is COC(=O)C(C)c1ccc(COc2ccc([C@@H](C)[C@@](O)(c3cnc(C)cn3)C(F)(F)F)c(Cl)c2)cc1. The van der Waals surface area contributed by atoms with Crippen molar-refractivity contribution in [3.63, 3.8) is 0 Å². The fourth-order valence-electron chi connectivity index (χ4n) is 3.76. The Labute approximate surface area is 212 Å². The van der Waals surface area contributed by atoms with Gasteiger partial charge < -0.3 is 14.6 Å². The van der Waals surface area contributed by atoms with Gasteiger partial charge in [0.15, 0.2) is 0 Å². The lowest BCUT2D eigenvalue weighted by molar-refractivity contribution is -0.276. The summed E-state index contributed by atoms with van der Waals surface area (Å²) < 4.78 is 52.7. The zero-order valence-electron chi connectivity index (χ0n) is 20.1. The summed E-state index contributed by atoms with van der Waals surface area (Å²) in [6.07, 6.45) is -2.95. The third-order valence-electron chi connectivity index (χ3n) is 6.11. The molecule has 0 aliphatic heterocycles. The standard InChI is InChI=1S/C26H26ClF3N2O4/c1-15-12-32-23(13-31-15)25(34,26(28,29)30)17(3)21-10-9-20(11-22(21)27)36-14-18-5-7-19(8-6-18)16(2)24(33)35-4/h5-13,16-17,34H,14H2,1-4H3/t16?,17-,25-/m1/s1. The number of ether oxygens (including phenoxy) is 2. The van der Waals surface area contributed by atoms with Gasteiger partial charge in [-0.15, -0.1) is 0 Å². The summed E-state index contributed by atoms with van der Waals surface area (Å²) in [5.41, 5.74) is -1.82. The first kappa shape index (κ1) is 27.4. The number of benzene rings is 2. The van der Waals surface area contributed by atoms with Crippen molar-refractivity contribution in [2.24, 2.45) is 0 Å². The number of hydrogen-bond donors (Lipinski definition) is 1. The van der Waals surface area contributed by atoms with E-state index in [0.29, 0.717) is 11.4 Å². The maximum atomic E-state index is 14.1. The second kappa shape index (κ2) is 10.8. The van der Waals surface area contributed by atoms with Crippen molar-refractivity contribution in [3.05, 3.63) is 88.0 Å². The van der Waals surface area contributed by atoms with E-state index in [1.165, 1.54) is 38.4 Å². The normalized spacial score (nSPS) is 15.0. The summed E-state index contributed by atoms with van der Waals surface area (Å²) in [5.74, 6) is -1.89. The number of hydrogen-bond acceptors (Lipinski definition) is 6. The lowest BCUT2D eigenvalue weighted by atomic mass is 9.80. The molecule has 0 aliphatic carbocycles. The number of carbonyl (C=O) groups excluding carboxylic acids is 1. The Bertz CT molecular complexity index is 1200. The molecule has 0 amide bonds. The smallest absolute Gasteiger partial charge is 0.423 e. The van der Waals surface area contributed by atoms with Crippen LogP contribution in [0.1, 0.15) is 53.8 Å². The minimum absolute atomic E-state index is 0.00463. The number of alkyl halides is 3. The number of aryl methyl sites for hydroxylation is 1. The van der Waals surface area contributed by atoms with Gasteiger partial charge in [-0.2, -0.15) is 13.2 Å². The molecule has 0 spiro atoms. The molecule has 36 heavy (non-hydrogen) atoms. The highest BCUT2D eigenvalue weighted by atomic mass is 35.5. The molecule has 0 bridgehead atoms. The minimum Gasteiger partial charge on any atom is -0.489 e. The Kier molecular flexibility index (Phi) is 8.26. The molecule has 3 rings (SSSR count). The molecule has 3 aromatic rings. The lowest BCUT2D eigenvalue weighted by Gasteiger charge is -2.35. The Morgan fingerprint density at radius 1 is 1.08 bits per heavy atom. The fourth-order valence-corrected chi connectivity index (χ4v) is 4.09. The van der Waals surface area contributed by atoms with Crippen LogP contribution in [0, 0.1) is 6.92 Å². The van der Waals surface area contributed by atoms with Crippen LogP contribution in [0.2, 0.25) is 5.02 Å². The Balaban J connectivity index is 1.78. The molecule has 2 aromatic carbocycles. The fraction of sp³-hybridized carbons (Fsp3) is 0.346. The van der Waals surface area contributed by atoms with E-state index in [0.717, 1.165) is 17.3 Å². The Morgan fingerprint density at radius 3 is 2.28 bits per heavy atom. The van der Waals surface area contributed by atoms with E-state index in [1.54, 1.807) is 38.1 Å². The van der Waals surface area contributed by atoms with Crippen LogP contribution in [0.3, 0.4) is 0 Å². The number of nitrogens with zero attached hydrogens (tertiary/aromatic N) is 2. The Hall–Kier alpha value is -3.17. The average Bonchev–Trinajstić information content (AvgIpc) is 2.85. The van der Waals surface area contributed by atoms with Gasteiger partial charge in [0.05, 0.1) is 24.9 Å². The van der Waals surface area contributed by atoms with Crippen LogP contribution in [-0.2, 0) is 21.7 Å². The molecule has 0 fully saturated rings. The second-order valence-corrected chi connectivity index (χ2v) is 8.89. The first-order chi connectivity index (χ1) is 16.9.